The smallest absolute Gasteiger partial charge is 0.127 e. The van der Waals surface area contributed by atoms with E-state index < -0.39 is 0 Å². The van der Waals surface area contributed by atoms with Crippen LogP contribution in [0.3, 0.4) is 0 Å². The number of hydrogen-bond acceptors (Lipinski definition) is 1. The second-order valence-electron chi connectivity index (χ2n) is 2.92. The van der Waals surface area contributed by atoms with Gasteiger partial charge in [0.05, 0.1) is 5.02 Å². The van der Waals surface area contributed by atoms with Crippen molar-refractivity contribution in [3.8, 4) is 11.8 Å². The lowest BCUT2D eigenvalue weighted by Crippen LogP contribution is -1.95. The Hall–Kier alpha value is -1.04. The second kappa shape index (κ2) is 4.99. The van der Waals surface area contributed by atoms with E-state index in [2.05, 4.69) is 11.8 Å². The average molecular weight is 212 g/mol. The molecule has 0 aliphatic carbocycles. The van der Waals surface area contributed by atoms with Gasteiger partial charge in [-0.1, -0.05) is 23.4 Å². The molecule has 0 spiro atoms. The fourth-order valence-corrected chi connectivity index (χ4v) is 1.18. The van der Waals surface area contributed by atoms with Crippen molar-refractivity contribution in [1.82, 2.24) is 0 Å². The van der Waals surface area contributed by atoms with Gasteiger partial charge in [0, 0.05) is 18.5 Å². The summed E-state index contributed by atoms with van der Waals surface area (Å²) in [5.41, 5.74) is 6.49. The van der Waals surface area contributed by atoms with Gasteiger partial charge in [-0.25, -0.2) is 4.39 Å². The Bertz CT molecular complexity index is 390. The predicted octanol–water partition coefficient (Wildman–Crippen LogP) is 2.49. The second-order valence-corrected chi connectivity index (χ2v) is 3.33. The zero-order valence-electron chi connectivity index (χ0n) is 7.90. The van der Waals surface area contributed by atoms with Crippen LogP contribution in [0.15, 0.2) is 12.1 Å². The molecule has 0 bridgehead atoms. The molecule has 0 aliphatic rings. The highest BCUT2D eigenvalue weighted by molar-refractivity contribution is 6.31. The van der Waals surface area contributed by atoms with Crippen LogP contribution in [0.25, 0.3) is 0 Å². The Labute approximate surface area is 88.1 Å². The van der Waals surface area contributed by atoms with Crippen LogP contribution in [0.1, 0.15) is 17.5 Å². The zero-order valence-corrected chi connectivity index (χ0v) is 8.66. The van der Waals surface area contributed by atoms with Gasteiger partial charge in [-0.2, -0.15) is 0 Å². The largest absolute Gasteiger partial charge is 0.330 e. The Morgan fingerprint density at radius 1 is 1.50 bits per heavy atom. The minimum Gasteiger partial charge on any atom is -0.330 e. The molecule has 14 heavy (non-hydrogen) atoms. The summed E-state index contributed by atoms with van der Waals surface area (Å²) >= 11 is 5.81. The third-order valence-corrected chi connectivity index (χ3v) is 2.05. The normalized spacial score (nSPS) is 9.43. The molecule has 0 aliphatic heterocycles. The summed E-state index contributed by atoms with van der Waals surface area (Å²) < 4.78 is 13.0. The van der Waals surface area contributed by atoms with Gasteiger partial charge in [0.15, 0.2) is 0 Å². The molecule has 1 aromatic carbocycles. The Morgan fingerprint density at radius 3 is 2.86 bits per heavy atom. The number of halogens is 2. The van der Waals surface area contributed by atoms with Crippen LogP contribution in [-0.2, 0) is 0 Å². The molecule has 0 atom stereocenters. The molecular formula is C11H11ClFN. The maximum atomic E-state index is 13.0. The summed E-state index contributed by atoms with van der Waals surface area (Å²) in [6, 6.07) is 2.92. The van der Waals surface area contributed by atoms with E-state index in [9.17, 15) is 4.39 Å². The molecule has 1 rings (SSSR count). The number of benzene rings is 1. The summed E-state index contributed by atoms with van der Waals surface area (Å²) in [5.74, 6) is 5.40. The Kier molecular flexibility index (Phi) is 3.94. The molecule has 3 heteroatoms. The van der Waals surface area contributed by atoms with Crippen molar-refractivity contribution < 1.29 is 4.39 Å². The summed E-state index contributed by atoms with van der Waals surface area (Å²) in [6.07, 6.45) is 0.618. The molecule has 2 N–H and O–H groups in total. The molecule has 0 unspecified atom stereocenters. The lowest BCUT2D eigenvalue weighted by atomic mass is 10.1. The average Bonchev–Trinajstić information content (AvgIpc) is 2.14. The van der Waals surface area contributed by atoms with Crippen LogP contribution < -0.4 is 5.73 Å². The van der Waals surface area contributed by atoms with Crippen molar-refractivity contribution in [1.29, 1.82) is 0 Å². The van der Waals surface area contributed by atoms with Crippen molar-refractivity contribution in [3.63, 3.8) is 0 Å². The van der Waals surface area contributed by atoms with Gasteiger partial charge < -0.3 is 5.73 Å². The molecule has 0 amide bonds. The summed E-state index contributed by atoms with van der Waals surface area (Å²) in [5, 5.41) is 0.345. The summed E-state index contributed by atoms with van der Waals surface area (Å²) in [4.78, 5) is 0. The quantitative estimate of drug-likeness (QED) is 0.710. The molecule has 1 nitrogen and oxygen atoms in total. The van der Waals surface area contributed by atoms with Crippen LogP contribution in [0.2, 0.25) is 5.02 Å². The maximum Gasteiger partial charge on any atom is 0.127 e. The monoisotopic (exact) mass is 211 g/mol. The van der Waals surface area contributed by atoms with Crippen LogP contribution in [0.4, 0.5) is 4.39 Å². The summed E-state index contributed by atoms with van der Waals surface area (Å²) in [7, 11) is 0. The standard InChI is InChI=1S/C11H11ClFN/c1-8-6-9(4-2-3-5-14)10(12)7-11(8)13/h6-7H,3,5,14H2,1H3. The van der Waals surface area contributed by atoms with Crippen molar-refractivity contribution in [2.75, 3.05) is 6.54 Å². The zero-order chi connectivity index (χ0) is 10.6. The van der Waals surface area contributed by atoms with E-state index in [0.29, 0.717) is 29.1 Å². The third-order valence-electron chi connectivity index (χ3n) is 1.74. The highest BCUT2D eigenvalue weighted by atomic mass is 35.5. The van der Waals surface area contributed by atoms with Crippen molar-refractivity contribution >= 4 is 11.6 Å². The first-order valence-electron chi connectivity index (χ1n) is 4.29. The Morgan fingerprint density at radius 2 is 2.21 bits per heavy atom. The lowest BCUT2D eigenvalue weighted by molar-refractivity contribution is 0.618. The third kappa shape index (κ3) is 2.73. The van der Waals surface area contributed by atoms with Gasteiger partial charge >= 0.3 is 0 Å². The van der Waals surface area contributed by atoms with Gasteiger partial charge in [0.1, 0.15) is 5.82 Å². The van der Waals surface area contributed by atoms with Crippen LogP contribution in [0, 0.1) is 24.6 Å². The fourth-order valence-electron chi connectivity index (χ4n) is 0.983. The fraction of sp³-hybridized carbons (Fsp3) is 0.273. The van der Waals surface area contributed by atoms with Crippen LogP contribution >= 0.6 is 11.6 Å². The molecule has 74 valence electrons. The highest BCUT2D eigenvalue weighted by Crippen LogP contribution is 2.19. The lowest BCUT2D eigenvalue weighted by Gasteiger charge is -1.99. The summed E-state index contributed by atoms with van der Waals surface area (Å²) in [6.45, 7) is 2.20. The number of rotatable bonds is 1. The van der Waals surface area contributed by atoms with Crippen molar-refractivity contribution in [3.05, 3.63) is 34.1 Å². The van der Waals surface area contributed by atoms with E-state index in [4.69, 9.17) is 17.3 Å². The van der Waals surface area contributed by atoms with Gasteiger partial charge in [-0.05, 0) is 24.6 Å². The van der Waals surface area contributed by atoms with Crippen molar-refractivity contribution in [2.45, 2.75) is 13.3 Å². The SMILES string of the molecule is Cc1cc(C#CCCN)c(Cl)cc1F. The molecule has 0 radical (unpaired) electrons. The highest BCUT2D eigenvalue weighted by Gasteiger charge is 2.02. The first-order valence-corrected chi connectivity index (χ1v) is 4.67. The first kappa shape index (κ1) is 11.0. The van der Waals surface area contributed by atoms with E-state index in [1.165, 1.54) is 6.07 Å². The minimum atomic E-state index is -0.306. The minimum absolute atomic E-state index is 0.306. The topological polar surface area (TPSA) is 26.0 Å². The molecule has 0 saturated heterocycles. The number of hydrogen-bond donors (Lipinski definition) is 1. The van der Waals surface area contributed by atoms with Gasteiger partial charge in [-0.15, -0.1) is 0 Å². The van der Waals surface area contributed by atoms with Gasteiger partial charge in [0.25, 0.3) is 0 Å². The van der Waals surface area contributed by atoms with Gasteiger partial charge in [0.2, 0.25) is 0 Å². The molecule has 0 fully saturated rings. The predicted molar refractivity (Wildman–Crippen MR) is 56.7 cm³/mol. The van der Waals surface area contributed by atoms with E-state index >= 15 is 0 Å². The molecular weight excluding hydrogens is 201 g/mol. The maximum absolute atomic E-state index is 13.0. The molecule has 0 aromatic heterocycles. The van der Waals surface area contributed by atoms with E-state index in [1.54, 1.807) is 13.0 Å². The molecule has 0 saturated carbocycles. The number of nitrogens with two attached hydrogens (primary N) is 1. The van der Waals surface area contributed by atoms with E-state index in [1.807, 2.05) is 0 Å². The molecule has 1 aromatic rings. The van der Waals surface area contributed by atoms with E-state index in [-0.39, 0.29) is 5.82 Å². The van der Waals surface area contributed by atoms with Gasteiger partial charge in [-0.3, -0.25) is 0 Å². The molecule has 0 heterocycles. The Balaban J connectivity index is 3.00. The number of aryl methyl sites for hydroxylation is 1. The first-order chi connectivity index (χ1) is 6.65. The van der Waals surface area contributed by atoms with Crippen molar-refractivity contribution in [2.24, 2.45) is 5.73 Å². The van der Waals surface area contributed by atoms with Crippen LogP contribution in [0.5, 0.6) is 0 Å². The van der Waals surface area contributed by atoms with Crippen LogP contribution in [-0.4, -0.2) is 6.54 Å². The van der Waals surface area contributed by atoms with E-state index in [0.717, 1.165) is 0 Å².